The molecule has 0 radical (unpaired) electrons. The second-order valence-electron chi connectivity index (χ2n) is 4.38. The number of carboxylic acid groups (broad SMARTS) is 1. The molecule has 0 aliphatic carbocycles. The molecule has 1 aliphatic heterocycles. The number of pyridine rings is 1. The van der Waals surface area contributed by atoms with Gasteiger partial charge in [0.15, 0.2) is 10.9 Å². The summed E-state index contributed by atoms with van der Waals surface area (Å²) in [5, 5.41) is 11.4. The Morgan fingerprint density at radius 1 is 1.52 bits per heavy atom. The zero-order valence-electron chi connectivity index (χ0n) is 11.3. The maximum atomic E-state index is 10.8. The molecule has 9 heteroatoms. The molecular weight excluding hydrogens is 296 g/mol. The number of nitrogens with zero attached hydrogens (tertiary/aromatic N) is 3. The van der Waals surface area contributed by atoms with Crippen molar-refractivity contribution in [3.05, 3.63) is 6.20 Å². The predicted octanol–water partition coefficient (Wildman–Crippen LogP) is 1.63. The van der Waals surface area contributed by atoms with Crippen LogP contribution < -0.4 is 15.0 Å². The van der Waals surface area contributed by atoms with Gasteiger partial charge < -0.3 is 19.5 Å². The summed E-state index contributed by atoms with van der Waals surface area (Å²) in [6.07, 6.45) is 0.464. The van der Waals surface area contributed by atoms with Gasteiger partial charge in [0.1, 0.15) is 16.0 Å². The topological polar surface area (TPSA) is 96.8 Å². The van der Waals surface area contributed by atoms with Crippen molar-refractivity contribution in [3.8, 4) is 5.75 Å². The van der Waals surface area contributed by atoms with Gasteiger partial charge in [-0.05, 0) is 0 Å². The Bertz CT molecular complexity index is 669. The molecule has 0 bridgehead atoms. The Labute approximate surface area is 124 Å². The smallest absolute Gasteiger partial charge is 0.410 e. The zero-order valence-corrected chi connectivity index (χ0v) is 12.1. The number of thiazole rings is 1. The minimum absolute atomic E-state index is 0.304. The summed E-state index contributed by atoms with van der Waals surface area (Å²) in [5.74, 6) is 1.31. The van der Waals surface area contributed by atoms with Gasteiger partial charge in [-0.3, -0.25) is 5.32 Å². The van der Waals surface area contributed by atoms with E-state index in [0.717, 1.165) is 23.6 Å². The van der Waals surface area contributed by atoms with Crippen LogP contribution in [0.5, 0.6) is 5.75 Å². The van der Waals surface area contributed by atoms with Crippen LogP contribution in [0, 0.1) is 0 Å². The van der Waals surface area contributed by atoms with Gasteiger partial charge in [0, 0.05) is 13.1 Å². The molecule has 1 saturated heterocycles. The summed E-state index contributed by atoms with van der Waals surface area (Å²) in [6, 6.07) is 0. The first-order valence-electron chi connectivity index (χ1n) is 6.35. The monoisotopic (exact) mass is 310 g/mol. The highest BCUT2D eigenvalue weighted by Crippen LogP contribution is 2.37. The molecule has 2 aromatic heterocycles. The number of hydrogen-bond donors (Lipinski definition) is 2. The normalized spacial score (nSPS) is 15.2. The fraction of sp³-hybridized carbons (Fsp3) is 0.417. The van der Waals surface area contributed by atoms with Crippen molar-refractivity contribution < 1.29 is 19.4 Å². The highest BCUT2D eigenvalue weighted by Gasteiger charge is 2.20. The SMILES string of the molecule is COc1cnc(N2CCOCC2)c2sc(NC(=O)O)nc12. The van der Waals surface area contributed by atoms with E-state index in [4.69, 9.17) is 14.6 Å². The minimum atomic E-state index is -1.14. The number of carbonyl (C=O) groups is 1. The molecular formula is C12H14N4O4S. The summed E-state index contributed by atoms with van der Waals surface area (Å²) in [4.78, 5) is 21.6. The Balaban J connectivity index is 2.07. The van der Waals surface area contributed by atoms with Crippen LogP contribution >= 0.6 is 11.3 Å². The molecule has 0 saturated carbocycles. The third-order valence-electron chi connectivity index (χ3n) is 3.11. The van der Waals surface area contributed by atoms with E-state index >= 15 is 0 Å². The molecule has 112 valence electrons. The van der Waals surface area contributed by atoms with E-state index in [2.05, 4.69) is 20.2 Å². The quantitative estimate of drug-likeness (QED) is 0.889. The van der Waals surface area contributed by atoms with Gasteiger partial charge in [-0.1, -0.05) is 11.3 Å². The highest BCUT2D eigenvalue weighted by atomic mass is 32.1. The van der Waals surface area contributed by atoms with Crippen molar-refractivity contribution in [2.24, 2.45) is 0 Å². The van der Waals surface area contributed by atoms with Gasteiger partial charge in [-0.25, -0.2) is 14.8 Å². The lowest BCUT2D eigenvalue weighted by Gasteiger charge is -2.28. The third-order valence-corrected chi connectivity index (χ3v) is 4.08. The average molecular weight is 310 g/mol. The molecule has 21 heavy (non-hydrogen) atoms. The molecule has 1 fully saturated rings. The summed E-state index contributed by atoms with van der Waals surface area (Å²) < 4.78 is 11.4. The fourth-order valence-electron chi connectivity index (χ4n) is 2.17. The van der Waals surface area contributed by atoms with E-state index in [0.29, 0.717) is 29.6 Å². The first kappa shape index (κ1) is 13.8. The van der Waals surface area contributed by atoms with Crippen molar-refractivity contribution in [3.63, 3.8) is 0 Å². The maximum absolute atomic E-state index is 10.8. The molecule has 2 N–H and O–H groups in total. The van der Waals surface area contributed by atoms with E-state index < -0.39 is 6.09 Å². The Hall–Kier alpha value is -2.13. The molecule has 2 aromatic rings. The molecule has 0 unspecified atom stereocenters. The first-order valence-corrected chi connectivity index (χ1v) is 7.17. The number of fused-ring (bicyclic) bond motifs is 1. The van der Waals surface area contributed by atoms with Gasteiger partial charge in [-0.15, -0.1) is 0 Å². The van der Waals surface area contributed by atoms with Crippen molar-refractivity contribution in [2.75, 3.05) is 43.6 Å². The standard InChI is InChI=1S/C12H14N4O4S/c1-19-7-6-13-10(16-2-4-20-5-3-16)9-8(7)14-11(21-9)15-12(17)18/h6H,2-5H2,1H3,(H,14,15)(H,17,18). The molecule has 1 amide bonds. The molecule has 3 rings (SSSR count). The molecule has 0 atom stereocenters. The largest absolute Gasteiger partial charge is 0.493 e. The first-order chi connectivity index (χ1) is 10.2. The van der Waals surface area contributed by atoms with Crippen LogP contribution in [0.25, 0.3) is 10.2 Å². The van der Waals surface area contributed by atoms with Crippen LogP contribution in [0.4, 0.5) is 15.7 Å². The molecule has 3 heterocycles. The Morgan fingerprint density at radius 2 is 2.29 bits per heavy atom. The second-order valence-corrected chi connectivity index (χ2v) is 5.38. The summed E-state index contributed by atoms with van der Waals surface area (Å²) in [5.41, 5.74) is 0.614. The predicted molar refractivity (Wildman–Crippen MR) is 78.6 cm³/mol. The van der Waals surface area contributed by atoms with Crippen molar-refractivity contribution in [1.82, 2.24) is 9.97 Å². The van der Waals surface area contributed by atoms with Crippen LogP contribution in [0.2, 0.25) is 0 Å². The van der Waals surface area contributed by atoms with Crippen LogP contribution in [-0.4, -0.2) is 54.6 Å². The molecule has 1 aliphatic rings. The van der Waals surface area contributed by atoms with Crippen LogP contribution in [0.3, 0.4) is 0 Å². The summed E-state index contributed by atoms with van der Waals surface area (Å²) in [6.45, 7) is 2.78. The maximum Gasteiger partial charge on any atom is 0.410 e. The van der Waals surface area contributed by atoms with Crippen LogP contribution in [0.1, 0.15) is 0 Å². The summed E-state index contributed by atoms with van der Waals surface area (Å²) in [7, 11) is 1.54. The number of aromatic nitrogens is 2. The van der Waals surface area contributed by atoms with Gasteiger partial charge >= 0.3 is 6.09 Å². The number of rotatable bonds is 3. The Kier molecular flexibility index (Phi) is 3.76. The number of methoxy groups -OCH3 is 1. The van der Waals surface area contributed by atoms with E-state index in [1.165, 1.54) is 18.4 Å². The molecule has 8 nitrogen and oxygen atoms in total. The van der Waals surface area contributed by atoms with Gasteiger partial charge in [-0.2, -0.15) is 0 Å². The Morgan fingerprint density at radius 3 is 2.95 bits per heavy atom. The van der Waals surface area contributed by atoms with Crippen molar-refractivity contribution in [1.29, 1.82) is 0 Å². The average Bonchev–Trinajstić information content (AvgIpc) is 2.89. The molecule has 0 aromatic carbocycles. The van der Waals surface area contributed by atoms with Gasteiger partial charge in [0.25, 0.3) is 0 Å². The summed E-state index contributed by atoms with van der Waals surface area (Å²) >= 11 is 1.25. The van der Waals surface area contributed by atoms with Crippen molar-refractivity contribution in [2.45, 2.75) is 0 Å². The highest BCUT2D eigenvalue weighted by molar-refractivity contribution is 7.23. The van der Waals surface area contributed by atoms with Gasteiger partial charge in [0.2, 0.25) is 0 Å². The number of ether oxygens (including phenoxy) is 2. The lowest BCUT2D eigenvalue weighted by atomic mass is 10.3. The van der Waals surface area contributed by atoms with E-state index in [1.807, 2.05) is 0 Å². The van der Waals surface area contributed by atoms with Crippen molar-refractivity contribution >= 4 is 38.6 Å². The zero-order chi connectivity index (χ0) is 14.8. The molecule has 0 spiro atoms. The number of amides is 1. The lowest BCUT2D eigenvalue weighted by Crippen LogP contribution is -2.36. The van der Waals surface area contributed by atoms with Crippen LogP contribution in [0.15, 0.2) is 6.20 Å². The van der Waals surface area contributed by atoms with Gasteiger partial charge in [0.05, 0.1) is 26.5 Å². The van der Waals surface area contributed by atoms with E-state index in [9.17, 15) is 4.79 Å². The van der Waals surface area contributed by atoms with E-state index in [1.54, 1.807) is 6.20 Å². The lowest BCUT2D eigenvalue weighted by molar-refractivity contribution is 0.122. The van der Waals surface area contributed by atoms with E-state index in [-0.39, 0.29) is 0 Å². The minimum Gasteiger partial charge on any atom is -0.493 e. The number of hydrogen-bond acceptors (Lipinski definition) is 7. The second kappa shape index (κ2) is 5.70. The number of nitrogens with one attached hydrogen (secondary N) is 1. The third kappa shape index (κ3) is 2.69. The fourth-order valence-corrected chi connectivity index (χ4v) is 3.16. The number of anilines is 2. The van der Waals surface area contributed by atoms with Crippen LogP contribution in [-0.2, 0) is 4.74 Å². The number of morpholine rings is 1.